The first-order chi connectivity index (χ1) is 9.43. The molecule has 0 bridgehead atoms. The van der Waals surface area contributed by atoms with Crippen LogP contribution in [-0.4, -0.2) is 14.7 Å². The lowest BCUT2D eigenvalue weighted by atomic mass is 9.76. The summed E-state index contributed by atoms with van der Waals surface area (Å²) in [7, 11) is -3.52. The predicted octanol–water partition coefficient (Wildman–Crippen LogP) is 4.40. The normalized spacial score (nSPS) is 13.3. The van der Waals surface area contributed by atoms with Crippen molar-refractivity contribution in [3.8, 4) is 5.75 Å². The third-order valence-electron chi connectivity index (χ3n) is 4.50. The zero-order chi connectivity index (χ0) is 16.5. The van der Waals surface area contributed by atoms with E-state index in [0.29, 0.717) is 5.75 Å². The molecule has 0 atom stereocenters. The summed E-state index contributed by atoms with van der Waals surface area (Å²) in [5.41, 5.74) is 2.08. The van der Waals surface area contributed by atoms with Crippen molar-refractivity contribution in [2.75, 3.05) is 6.26 Å². The van der Waals surface area contributed by atoms with Crippen molar-refractivity contribution in [1.82, 2.24) is 0 Å². The quantitative estimate of drug-likeness (QED) is 0.731. The van der Waals surface area contributed by atoms with E-state index in [1.54, 1.807) is 6.07 Å². The average Bonchev–Trinajstić information content (AvgIpc) is 2.37. The Bertz CT molecular complexity index is 598. The van der Waals surface area contributed by atoms with Crippen LogP contribution in [0.25, 0.3) is 0 Å². The lowest BCUT2D eigenvalue weighted by Gasteiger charge is -2.30. The van der Waals surface area contributed by atoms with Crippen molar-refractivity contribution in [3.05, 3.63) is 29.3 Å². The zero-order valence-electron chi connectivity index (χ0n) is 14.3. The molecule has 4 heteroatoms. The van der Waals surface area contributed by atoms with E-state index in [1.165, 1.54) is 5.56 Å². The van der Waals surface area contributed by atoms with Gasteiger partial charge in [-0.25, -0.2) is 0 Å². The van der Waals surface area contributed by atoms with Gasteiger partial charge >= 0.3 is 10.1 Å². The predicted molar refractivity (Wildman–Crippen MR) is 88.5 cm³/mol. The molecule has 0 heterocycles. The van der Waals surface area contributed by atoms with E-state index in [-0.39, 0.29) is 10.8 Å². The summed E-state index contributed by atoms with van der Waals surface area (Å²) < 4.78 is 28.2. The Kier molecular flexibility index (Phi) is 5.14. The molecule has 0 N–H and O–H groups in total. The Morgan fingerprint density at radius 3 is 1.95 bits per heavy atom. The van der Waals surface area contributed by atoms with Crippen LogP contribution in [0, 0.1) is 0 Å². The number of benzene rings is 1. The molecule has 0 fully saturated rings. The highest BCUT2D eigenvalue weighted by Gasteiger charge is 2.27. The molecule has 0 radical (unpaired) electrons. The molecule has 0 aliphatic heterocycles. The highest BCUT2D eigenvalue weighted by molar-refractivity contribution is 7.86. The lowest BCUT2D eigenvalue weighted by molar-refractivity contribution is 0.452. The minimum Gasteiger partial charge on any atom is -0.382 e. The van der Waals surface area contributed by atoms with Gasteiger partial charge in [-0.1, -0.05) is 53.7 Å². The fraction of sp³-hybridized carbons (Fsp3) is 0.647. The van der Waals surface area contributed by atoms with E-state index in [9.17, 15) is 8.42 Å². The maximum Gasteiger partial charge on any atom is 0.306 e. The standard InChI is InChI=1S/C17H28O3S/c1-8-16(3,4)13-10-11-15(20-21(7,18)19)14(12-13)17(5,6)9-2/h10-12H,8-9H2,1-7H3. The van der Waals surface area contributed by atoms with Crippen LogP contribution in [0.3, 0.4) is 0 Å². The minimum absolute atomic E-state index is 0.0577. The van der Waals surface area contributed by atoms with Crippen molar-refractivity contribution in [2.24, 2.45) is 0 Å². The molecule has 1 aromatic rings. The van der Waals surface area contributed by atoms with Crippen LogP contribution in [0.2, 0.25) is 0 Å². The number of rotatable bonds is 6. The molecule has 0 saturated heterocycles. The zero-order valence-corrected chi connectivity index (χ0v) is 15.1. The van der Waals surface area contributed by atoms with Gasteiger partial charge in [0.25, 0.3) is 0 Å². The molecule has 1 rings (SSSR count). The van der Waals surface area contributed by atoms with Gasteiger partial charge in [0.05, 0.1) is 6.26 Å². The maximum atomic E-state index is 11.5. The number of hydrogen-bond acceptors (Lipinski definition) is 3. The van der Waals surface area contributed by atoms with E-state index >= 15 is 0 Å². The van der Waals surface area contributed by atoms with E-state index in [4.69, 9.17) is 4.18 Å². The van der Waals surface area contributed by atoms with Gasteiger partial charge in [0.1, 0.15) is 5.75 Å². The summed E-state index contributed by atoms with van der Waals surface area (Å²) in [6.07, 6.45) is 3.01. The van der Waals surface area contributed by atoms with Crippen LogP contribution >= 0.6 is 0 Å². The molecule has 1 aromatic carbocycles. The van der Waals surface area contributed by atoms with Gasteiger partial charge in [-0.05, 0) is 35.3 Å². The summed E-state index contributed by atoms with van der Waals surface area (Å²) in [5, 5.41) is 0. The molecule has 0 aliphatic rings. The first-order valence-corrected chi connectivity index (χ1v) is 9.29. The third kappa shape index (κ3) is 4.47. The fourth-order valence-electron chi connectivity index (χ4n) is 2.11. The molecule has 0 unspecified atom stereocenters. The van der Waals surface area contributed by atoms with Gasteiger partial charge < -0.3 is 4.18 Å². The molecule has 0 amide bonds. The smallest absolute Gasteiger partial charge is 0.306 e. The Morgan fingerprint density at radius 2 is 1.52 bits per heavy atom. The SMILES string of the molecule is CCC(C)(C)c1ccc(OS(C)(=O)=O)c(C(C)(C)CC)c1. The van der Waals surface area contributed by atoms with Gasteiger partial charge in [0.2, 0.25) is 0 Å². The van der Waals surface area contributed by atoms with Gasteiger partial charge in [0.15, 0.2) is 0 Å². The topological polar surface area (TPSA) is 43.4 Å². The highest BCUT2D eigenvalue weighted by atomic mass is 32.2. The van der Waals surface area contributed by atoms with E-state index < -0.39 is 10.1 Å². The summed E-state index contributed by atoms with van der Waals surface area (Å²) >= 11 is 0. The molecule has 3 nitrogen and oxygen atoms in total. The molecule has 0 spiro atoms. The molecular formula is C17H28O3S. The second kappa shape index (κ2) is 5.99. The van der Waals surface area contributed by atoms with Crippen molar-refractivity contribution >= 4 is 10.1 Å². The molecule has 120 valence electrons. The Morgan fingerprint density at radius 1 is 1.00 bits per heavy atom. The second-order valence-electron chi connectivity index (χ2n) is 6.97. The van der Waals surface area contributed by atoms with Crippen molar-refractivity contribution in [2.45, 2.75) is 65.2 Å². The minimum atomic E-state index is -3.52. The van der Waals surface area contributed by atoms with Crippen LogP contribution in [-0.2, 0) is 20.9 Å². The van der Waals surface area contributed by atoms with Crippen molar-refractivity contribution in [1.29, 1.82) is 0 Å². The first-order valence-electron chi connectivity index (χ1n) is 7.47. The fourth-order valence-corrected chi connectivity index (χ4v) is 2.58. The largest absolute Gasteiger partial charge is 0.382 e. The van der Waals surface area contributed by atoms with E-state index in [1.807, 2.05) is 6.07 Å². The summed E-state index contributed by atoms with van der Waals surface area (Å²) in [6, 6.07) is 5.87. The third-order valence-corrected chi connectivity index (χ3v) is 4.98. The monoisotopic (exact) mass is 312 g/mol. The number of hydrogen-bond donors (Lipinski definition) is 0. The second-order valence-corrected chi connectivity index (χ2v) is 8.55. The Labute approximate surface area is 129 Å². The average molecular weight is 312 g/mol. The molecular weight excluding hydrogens is 284 g/mol. The lowest BCUT2D eigenvalue weighted by Crippen LogP contribution is -2.22. The summed E-state index contributed by atoms with van der Waals surface area (Å²) in [6.45, 7) is 12.9. The Hall–Kier alpha value is -1.03. The van der Waals surface area contributed by atoms with Gasteiger partial charge in [-0.3, -0.25) is 0 Å². The molecule has 0 aromatic heterocycles. The maximum absolute atomic E-state index is 11.5. The van der Waals surface area contributed by atoms with Gasteiger partial charge in [-0.2, -0.15) is 8.42 Å². The molecule has 0 aliphatic carbocycles. The summed E-state index contributed by atoms with van der Waals surface area (Å²) in [4.78, 5) is 0. The van der Waals surface area contributed by atoms with E-state index in [0.717, 1.165) is 24.7 Å². The van der Waals surface area contributed by atoms with Crippen molar-refractivity contribution in [3.63, 3.8) is 0 Å². The summed E-state index contributed by atoms with van der Waals surface area (Å²) in [5.74, 6) is 0.444. The van der Waals surface area contributed by atoms with Gasteiger partial charge in [0, 0.05) is 5.56 Å². The van der Waals surface area contributed by atoms with Crippen LogP contribution in [0.5, 0.6) is 5.75 Å². The molecule has 21 heavy (non-hydrogen) atoms. The van der Waals surface area contributed by atoms with Crippen LogP contribution in [0.1, 0.15) is 65.5 Å². The molecule has 0 saturated carbocycles. The highest BCUT2D eigenvalue weighted by Crippen LogP contribution is 2.38. The van der Waals surface area contributed by atoms with Crippen molar-refractivity contribution < 1.29 is 12.6 Å². The van der Waals surface area contributed by atoms with Crippen LogP contribution in [0.15, 0.2) is 18.2 Å². The van der Waals surface area contributed by atoms with Crippen LogP contribution < -0.4 is 4.18 Å². The van der Waals surface area contributed by atoms with Crippen LogP contribution in [0.4, 0.5) is 0 Å². The van der Waals surface area contributed by atoms with Gasteiger partial charge in [-0.15, -0.1) is 0 Å². The van der Waals surface area contributed by atoms with E-state index in [2.05, 4.69) is 47.6 Å². The Balaban J connectivity index is 3.48. The first kappa shape index (κ1) is 18.0.